The topological polar surface area (TPSA) is 111 Å². The number of nitrogens with two attached hydrogens (primary N) is 1. The van der Waals surface area contributed by atoms with Crippen LogP contribution in [0.25, 0.3) is 0 Å². The molecule has 2 heterocycles. The molecule has 1 saturated heterocycles. The molecule has 0 spiro atoms. The molecule has 1 aromatic heterocycles. The van der Waals surface area contributed by atoms with Gasteiger partial charge in [0.25, 0.3) is 0 Å². The number of anilines is 1. The first-order chi connectivity index (χ1) is 10.0. The van der Waals surface area contributed by atoms with E-state index in [1.165, 1.54) is 13.0 Å². The summed E-state index contributed by atoms with van der Waals surface area (Å²) in [5.41, 5.74) is 4.94. The zero-order chi connectivity index (χ0) is 16.9. The number of rotatable bonds is 2. The van der Waals surface area contributed by atoms with Gasteiger partial charge in [-0.2, -0.15) is 4.98 Å². The Hall–Kier alpha value is -1.59. The molecular weight excluding hydrogens is 286 g/mol. The van der Waals surface area contributed by atoms with Gasteiger partial charge in [0.1, 0.15) is 18.0 Å². The Kier molecular flexibility index (Phi) is 3.09. The van der Waals surface area contributed by atoms with Crippen molar-refractivity contribution in [2.24, 2.45) is 0 Å². The van der Waals surface area contributed by atoms with Crippen LogP contribution in [0.3, 0.4) is 0 Å². The number of aryl methyl sites for hydroxylation is 1. The minimum absolute atomic E-state index is 0.0211. The summed E-state index contributed by atoms with van der Waals surface area (Å²) in [5, 5.41) is 19.6. The molecule has 1 aliphatic heterocycles. The molecule has 4 atom stereocenters. The summed E-state index contributed by atoms with van der Waals surface area (Å²) in [5.74, 6) is 2.08. The van der Waals surface area contributed by atoms with Crippen LogP contribution in [-0.4, -0.2) is 43.4 Å². The van der Waals surface area contributed by atoms with Crippen LogP contribution in [0.15, 0.2) is 10.9 Å². The van der Waals surface area contributed by atoms with Crippen LogP contribution in [0.2, 0.25) is 0 Å². The average molecular weight is 302 g/mol. The predicted molar refractivity (Wildman–Crippen MR) is 72.1 cm³/mol. The largest absolute Gasteiger partial charge is 0.394 e. The van der Waals surface area contributed by atoms with E-state index in [4.69, 9.17) is 31.2 Å². The molecule has 7 nitrogen and oxygen atoms in total. The lowest BCUT2D eigenvalue weighted by atomic mass is 9.99. The first-order valence-corrected chi connectivity index (χ1v) is 5.98. The lowest BCUT2D eigenvalue weighted by Crippen LogP contribution is -2.44. The van der Waals surface area contributed by atoms with E-state index in [0.29, 0.717) is 5.69 Å². The molecule has 0 aromatic carbocycles. The number of hydrogen-bond acceptors (Lipinski definition) is 6. The highest BCUT2D eigenvalue weighted by Crippen LogP contribution is 2.42. The number of hydrogen-bond donors (Lipinski definition) is 3. The number of nitrogens with zero attached hydrogens (tertiary/aromatic N) is 2. The van der Waals surface area contributed by atoms with Crippen molar-refractivity contribution >= 4 is 17.4 Å². The number of aliphatic hydroxyl groups is 2. The Morgan fingerprint density at radius 3 is 3.00 bits per heavy atom. The molecule has 8 heteroatoms. The number of nitrogen functional groups attached to an aromatic ring is 1. The standard InChI is InChI=1S/C12H14ClN3O4/c1-3-12(13)9(18)7(5-17)20-10(12)16-6(2)4-8(14)15-11(16)19/h1,4,7,9-10,17-18H,5H2,2H3,(H2,14,15,19)/t7-,9+,10-,12?/m1/s1/i5D2. The van der Waals surface area contributed by atoms with E-state index < -0.39 is 35.6 Å². The van der Waals surface area contributed by atoms with Gasteiger partial charge in [-0.3, -0.25) is 4.57 Å². The van der Waals surface area contributed by atoms with Crippen LogP contribution >= 0.6 is 11.6 Å². The zero-order valence-corrected chi connectivity index (χ0v) is 11.2. The van der Waals surface area contributed by atoms with Crippen molar-refractivity contribution in [1.82, 2.24) is 9.55 Å². The summed E-state index contributed by atoms with van der Waals surface area (Å²) < 4.78 is 20.8. The highest BCUT2D eigenvalue weighted by Gasteiger charge is 2.55. The number of aromatic nitrogens is 2. The molecule has 1 fully saturated rings. The molecule has 0 aliphatic carbocycles. The molecule has 2 rings (SSSR count). The van der Waals surface area contributed by atoms with Crippen molar-refractivity contribution in [3.8, 4) is 12.3 Å². The molecule has 0 amide bonds. The zero-order valence-electron chi connectivity index (χ0n) is 12.4. The third-order valence-corrected chi connectivity index (χ3v) is 3.62. The fourth-order valence-corrected chi connectivity index (χ4v) is 2.36. The van der Waals surface area contributed by atoms with Crippen LogP contribution in [-0.2, 0) is 4.74 Å². The maximum atomic E-state index is 12.0. The van der Waals surface area contributed by atoms with Gasteiger partial charge in [0.05, 0.1) is 9.30 Å². The van der Waals surface area contributed by atoms with Gasteiger partial charge in [-0.15, -0.1) is 6.42 Å². The molecule has 4 N–H and O–H groups in total. The third-order valence-electron chi connectivity index (χ3n) is 3.10. The van der Waals surface area contributed by atoms with Crippen molar-refractivity contribution in [3.05, 3.63) is 22.2 Å². The Labute approximate surface area is 122 Å². The van der Waals surface area contributed by atoms with E-state index >= 15 is 0 Å². The van der Waals surface area contributed by atoms with Crippen LogP contribution in [0.4, 0.5) is 5.82 Å². The summed E-state index contributed by atoms with van der Waals surface area (Å²) in [6.07, 6.45) is 0.409. The fraction of sp³-hybridized carbons (Fsp3) is 0.500. The minimum atomic E-state index is -2.91. The SMILES string of the molecule is [2H]C([2H])(O)[C@H]1O[C@@H](n2c(C)cc(N)nc2=O)C(Cl)(C#C)[C@H]1O. The van der Waals surface area contributed by atoms with Crippen LogP contribution in [0, 0.1) is 19.3 Å². The maximum absolute atomic E-state index is 12.0. The number of aliphatic hydroxyl groups excluding tert-OH is 1. The third kappa shape index (κ3) is 2.07. The number of terminal acetylenes is 1. The first-order valence-electron chi connectivity index (χ1n) is 6.60. The van der Waals surface area contributed by atoms with Crippen molar-refractivity contribution in [2.75, 3.05) is 12.3 Å². The number of ether oxygens (including phenoxy) is 1. The summed E-state index contributed by atoms with van der Waals surface area (Å²) in [7, 11) is 0. The lowest BCUT2D eigenvalue weighted by molar-refractivity contribution is -0.0470. The van der Waals surface area contributed by atoms with E-state index in [1.807, 2.05) is 0 Å². The Morgan fingerprint density at radius 1 is 1.85 bits per heavy atom. The smallest absolute Gasteiger partial charge is 0.351 e. The average Bonchev–Trinajstić information content (AvgIpc) is 2.63. The van der Waals surface area contributed by atoms with Crippen molar-refractivity contribution in [2.45, 2.75) is 30.2 Å². The molecule has 1 aliphatic rings. The monoisotopic (exact) mass is 301 g/mol. The van der Waals surface area contributed by atoms with Gasteiger partial charge in [-0.25, -0.2) is 4.79 Å². The summed E-state index contributed by atoms with van der Waals surface area (Å²) in [4.78, 5) is 13.6. The molecule has 0 bridgehead atoms. The highest BCUT2D eigenvalue weighted by atomic mass is 35.5. The van der Waals surface area contributed by atoms with Gasteiger partial charge in [0.2, 0.25) is 0 Å². The Balaban J connectivity index is 2.61. The van der Waals surface area contributed by atoms with Gasteiger partial charge >= 0.3 is 5.69 Å². The van der Waals surface area contributed by atoms with E-state index in [-0.39, 0.29) is 5.82 Å². The van der Waals surface area contributed by atoms with E-state index in [9.17, 15) is 15.0 Å². The Bertz CT molecular complexity index is 699. The normalized spacial score (nSPS) is 35.2. The lowest BCUT2D eigenvalue weighted by Gasteiger charge is -2.26. The molecule has 20 heavy (non-hydrogen) atoms. The van der Waals surface area contributed by atoms with Crippen LogP contribution in [0.5, 0.6) is 0 Å². The van der Waals surface area contributed by atoms with E-state index in [2.05, 4.69) is 10.9 Å². The Morgan fingerprint density at radius 2 is 2.50 bits per heavy atom. The van der Waals surface area contributed by atoms with Crippen LogP contribution in [0.1, 0.15) is 14.7 Å². The molecule has 1 aromatic rings. The fourth-order valence-electron chi connectivity index (χ4n) is 2.10. The maximum Gasteiger partial charge on any atom is 0.351 e. The van der Waals surface area contributed by atoms with Gasteiger partial charge in [0.15, 0.2) is 11.1 Å². The van der Waals surface area contributed by atoms with Gasteiger partial charge in [-0.05, 0) is 13.0 Å². The summed E-state index contributed by atoms with van der Waals surface area (Å²) in [6.45, 7) is -1.40. The molecule has 108 valence electrons. The summed E-state index contributed by atoms with van der Waals surface area (Å²) >= 11 is 6.18. The number of halogens is 1. The van der Waals surface area contributed by atoms with Crippen molar-refractivity contribution in [3.63, 3.8) is 0 Å². The second kappa shape index (κ2) is 5.07. The quantitative estimate of drug-likeness (QED) is 0.477. The van der Waals surface area contributed by atoms with Gasteiger partial charge < -0.3 is 20.7 Å². The molecular formula is C12H14ClN3O4. The van der Waals surface area contributed by atoms with Crippen molar-refractivity contribution < 1.29 is 17.7 Å². The first kappa shape index (κ1) is 12.2. The molecule has 0 radical (unpaired) electrons. The number of alkyl halides is 1. The molecule has 1 unspecified atom stereocenters. The summed E-state index contributed by atoms with van der Waals surface area (Å²) in [6, 6.07) is 1.37. The van der Waals surface area contributed by atoms with Crippen LogP contribution < -0.4 is 11.4 Å². The molecule has 0 saturated carbocycles. The predicted octanol–water partition coefficient (Wildman–Crippen LogP) is -1.00. The highest BCUT2D eigenvalue weighted by molar-refractivity contribution is 6.27. The van der Waals surface area contributed by atoms with E-state index in [1.54, 1.807) is 0 Å². The van der Waals surface area contributed by atoms with Gasteiger partial charge in [0, 0.05) is 5.69 Å². The second-order valence-electron chi connectivity index (χ2n) is 4.37. The van der Waals surface area contributed by atoms with Crippen molar-refractivity contribution in [1.29, 1.82) is 0 Å². The minimum Gasteiger partial charge on any atom is -0.394 e. The van der Waals surface area contributed by atoms with E-state index in [0.717, 1.165) is 4.57 Å². The van der Waals surface area contributed by atoms with Gasteiger partial charge in [-0.1, -0.05) is 17.5 Å². The second-order valence-corrected chi connectivity index (χ2v) is 5.00.